The molecule has 0 spiro atoms. The second-order valence-electron chi connectivity index (χ2n) is 5.86. The van der Waals surface area contributed by atoms with E-state index in [1.54, 1.807) is 23.1 Å². The summed E-state index contributed by atoms with van der Waals surface area (Å²) in [5.41, 5.74) is 12.2. The van der Waals surface area contributed by atoms with Crippen molar-refractivity contribution in [3.63, 3.8) is 0 Å². The van der Waals surface area contributed by atoms with Gasteiger partial charge in [-0.15, -0.1) is 0 Å². The van der Waals surface area contributed by atoms with Crippen LogP contribution in [0.2, 0.25) is 0 Å². The Morgan fingerprint density at radius 3 is 2.23 bits per heavy atom. The quantitative estimate of drug-likeness (QED) is 0.739. The topological polar surface area (TPSA) is 107 Å². The van der Waals surface area contributed by atoms with Crippen LogP contribution >= 0.6 is 0 Å². The monoisotopic (exact) mass is 357 g/mol. The van der Waals surface area contributed by atoms with E-state index in [4.69, 9.17) is 11.5 Å². The number of hydrogen-bond donors (Lipinski definition) is 2. The molecule has 0 atom stereocenters. The summed E-state index contributed by atoms with van der Waals surface area (Å²) in [6.07, 6.45) is 0. The second kappa shape index (κ2) is 6.87. The largest absolute Gasteiger partial charge is 0.384 e. The molecule has 0 aliphatic carbocycles. The predicted molar refractivity (Wildman–Crippen MR) is 95.5 cm³/mol. The van der Waals surface area contributed by atoms with E-state index in [1.165, 1.54) is 12.1 Å². The van der Waals surface area contributed by atoms with Gasteiger partial charge in [-0.2, -0.15) is 15.0 Å². The van der Waals surface area contributed by atoms with Crippen LogP contribution in [0, 0.1) is 11.6 Å². The summed E-state index contributed by atoms with van der Waals surface area (Å²) in [5.74, 6) is -0.789. The van der Waals surface area contributed by atoms with Crippen molar-refractivity contribution in [2.75, 3.05) is 16.4 Å². The fourth-order valence-corrected chi connectivity index (χ4v) is 2.50. The van der Waals surface area contributed by atoms with Crippen molar-refractivity contribution in [3.05, 3.63) is 48.0 Å². The molecule has 134 valence electrons. The molecule has 0 aliphatic heterocycles. The number of benzene rings is 1. The molecule has 0 saturated heterocycles. The molecule has 4 N–H and O–H groups in total. The van der Waals surface area contributed by atoms with E-state index in [1.807, 2.05) is 13.8 Å². The molecule has 1 aromatic carbocycles. The van der Waals surface area contributed by atoms with E-state index in [0.717, 1.165) is 6.07 Å². The highest BCUT2D eigenvalue weighted by molar-refractivity contribution is 5.62. The predicted octanol–water partition coefficient (Wildman–Crippen LogP) is 2.92. The number of aromatic nitrogens is 4. The van der Waals surface area contributed by atoms with Gasteiger partial charge in [0.1, 0.15) is 23.1 Å². The smallest absolute Gasteiger partial charge is 0.235 e. The highest BCUT2D eigenvalue weighted by atomic mass is 19.1. The maximum atomic E-state index is 13.7. The molecule has 0 amide bonds. The van der Waals surface area contributed by atoms with E-state index < -0.39 is 11.6 Å². The first-order valence-electron chi connectivity index (χ1n) is 7.83. The Morgan fingerprint density at radius 2 is 1.62 bits per heavy atom. The van der Waals surface area contributed by atoms with E-state index in [0.29, 0.717) is 11.5 Å². The standard InChI is InChI=1S/C17H17F2N7/c1-9(2)26(12-7-10(18)6-11(19)8-12)17-24-15(23-16(21)25-17)13-4-3-5-14(20)22-13/h3-9H,1-2H3,(H2,20,22)(H2,21,23,24,25). The third kappa shape index (κ3) is 3.66. The van der Waals surface area contributed by atoms with Crippen LogP contribution in [0.15, 0.2) is 36.4 Å². The first kappa shape index (κ1) is 17.5. The number of nitrogen functional groups attached to an aromatic ring is 2. The van der Waals surface area contributed by atoms with E-state index >= 15 is 0 Å². The van der Waals surface area contributed by atoms with E-state index in [2.05, 4.69) is 19.9 Å². The molecule has 0 aliphatic rings. The van der Waals surface area contributed by atoms with Gasteiger partial charge in [0.25, 0.3) is 0 Å². The fourth-order valence-electron chi connectivity index (χ4n) is 2.50. The summed E-state index contributed by atoms with van der Waals surface area (Å²) in [6, 6.07) is 8.00. The van der Waals surface area contributed by atoms with Gasteiger partial charge < -0.3 is 16.4 Å². The van der Waals surface area contributed by atoms with Crippen molar-refractivity contribution in [2.24, 2.45) is 0 Å². The number of hydrogen-bond acceptors (Lipinski definition) is 7. The zero-order valence-electron chi connectivity index (χ0n) is 14.2. The number of nitrogens with two attached hydrogens (primary N) is 2. The van der Waals surface area contributed by atoms with Crippen LogP contribution < -0.4 is 16.4 Å². The summed E-state index contributed by atoms with van der Waals surface area (Å²) in [6.45, 7) is 3.67. The summed E-state index contributed by atoms with van der Waals surface area (Å²) < 4.78 is 27.3. The van der Waals surface area contributed by atoms with Gasteiger partial charge in [0.2, 0.25) is 11.9 Å². The lowest BCUT2D eigenvalue weighted by Gasteiger charge is -2.27. The summed E-state index contributed by atoms with van der Waals surface area (Å²) >= 11 is 0. The average molecular weight is 357 g/mol. The maximum absolute atomic E-state index is 13.7. The molecule has 26 heavy (non-hydrogen) atoms. The summed E-state index contributed by atoms with van der Waals surface area (Å²) in [7, 11) is 0. The lowest BCUT2D eigenvalue weighted by molar-refractivity contribution is 0.581. The van der Waals surface area contributed by atoms with Crippen molar-refractivity contribution in [2.45, 2.75) is 19.9 Å². The molecular weight excluding hydrogens is 340 g/mol. The van der Waals surface area contributed by atoms with Crippen LogP contribution in [0.4, 0.5) is 32.2 Å². The number of halogens is 2. The van der Waals surface area contributed by atoms with Crippen LogP contribution in [-0.4, -0.2) is 26.0 Å². The molecule has 0 radical (unpaired) electrons. The van der Waals surface area contributed by atoms with Gasteiger partial charge in [-0.1, -0.05) is 6.07 Å². The van der Waals surface area contributed by atoms with Gasteiger partial charge in [0.05, 0.1) is 0 Å². The van der Waals surface area contributed by atoms with Crippen molar-refractivity contribution >= 4 is 23.4 Å². The van der Waals surface area contributed by atoms with E-state index in [9.17, 15) is 8.78 Å². The Bertz CT molecular complexity index is 926. The summed E-state index contributed by atoms with van der Waals surface area (Å²) in [5, 5.41) is 0. The molecule has 2 aromatic heterocycles. The molecule has 0 bridgehead atoms. The number of nitrogens with zero attached hydrogens (tertiary/aromatic N) is 5. The Balaban J connectivity index is 2.13. The highest BCUT2D eigenvalue weighted by Gasteiger charge is 2.20. The van der Waals surface area contributed by atoms with Crippen molar-refractivity contribution < 1.29 is 8.78 Å². The zero-order chi connectivity index (χ0) is 18.8. The van der Waals surface area contributed by atoms with Gasteiger partial charge in [-0.3, -0.25) is 0 Å². The Kier molecular flexibility index (Phi) is 4.61. The Morgan fingerprint density at radius 1 is 0.923 bits per heavy atom. The first-order chi connectivity index (χ1) is 12.3. The van der Waals surface area contributed by atoms with Crippen LogP contribution in [0.3, 0.4) is 0 Å². The molecule has 3 aromatic rings. The number of anilines is 4. The van der Waals surface area contributed by atoms with Gasteiger partial charge in [-0.05, 0) is 38.1 Å². The van der Waals surface area contributed by atoms with Gasteiger partial charge >= 0.3 is 0 Å². The van der Waals surface area contributed by atoms with E-state index in [-0.39, 0.29) is 29.5 Å². The van der Waals surface area contributed by atoms with Crippen molar-refractivity contribution in [1.82, 2.24) is 19.9 Å². The minimum atomic E-state index is -0.703. The minimum Gasteiger partial charge on any atom is -0.384 e. The van der Waals surface area contributed by atoms with Gasteiger partial charge in [0, 0.05) is 17.8 Å². The first-order valence-corrected chi connectivity index (χ1v) is 7.83. The molecule has 7 nitrogen and oxygen atoms in total. The zero-order valence-corrected chi connectivity index (χ0v) is 14.2. The third-order valence-corrected chi connectivity index (χ3v) is 3.50. The van der Waals surface area contributed by atoms with Crippen molar-refractivity contribution in [1.29, 1.82) is 0 Å². The Hall–Kier alpha value is -3.36. The lowest BCUT2D eigenvalue weighted by atomic mass is 10.2. The van der Waals surface area contributed by atoms with Crippen LogP contribution in [0.5, 0.6) is 0 Å². The maximum Gasteiger partial charge on any atom is 0.235 e. The normalized spacial score (nSPS) is 11.0. The molecule has 0 unspecified atom stereocenters. The van der Waals surface area contributed by atoms with Crippen LogP contribution in [0.25, 0.3) is 11.5 Å². The molecule has 0 saturated carbocycles. The number of pyridine rings is 1. The highest BCUT2D eigenvalue weighted by Crippen LogP contribution is 2.28. The second-order valence-corrected chi connectivity index (χ2v) is 5.86. The summed E-state index contributed by atoms with van der Waals surface area (Å²) in [4.78, 5) is 18.3. The van der Waals surface area contributed by atoms with Crippen LogP contribution in [-0.2, 0) is 0 Å². The van der Waals surface area contributed by atoms with Crippen molar-refractivity contribution in [3.8, 4) is 11.5 Å². The lowest BCUT2D eigenvalue weighted by Crippen LogP contribution is -2.28. The minimum absolute atomic E-state index is 0.0447. The fraction of sp³-hybridized carbons (Fsp3) is 0.176. The third-order valence-electron chi connectivity index (χ3n) is 3.50. The molecule has 0 fully saturated rings. The number of rotatable bonds is 4. The average Bonchev–Trinajstić information content (AvgIpc) is 2.53. The molecule has 2 heterocycles. The Labute approximate surface area is 148 Å². The molecule has 9 heteroatoms. The SMILES string of the molecule is CC(C)N(c1cc(F)cc(F)c1)c1nc(N)nc(-c2cccc(N)n2)n1. The van der Waals surface area contributed by atoms with Gasteiger partial charge in [-0.25, -0.2) is 13.8 Å². The van der Waals surface area contributed by atoms with Crippen LogP contribution in [0.1, 0.15) is 13.8 Å². The van der Waals surface area contributed by atoms with Gasteiger partial charge in [0.15, 0.2) is 5.82 Å². The molecule has 3 rings (SSSR count). The molecular formula is C17H17F2N7.